The van der Waals surface area contributed by atoms with E-state index in [4.69, 9.17) is 0 Å². The second-order valence-corrected chi connectivity index (χ2v) is 4.14. The molecule has 2 unspecified atom stereocenters. The maximum Gasteiger partial charge on any atom is 0.271 e. The highest BCUT2D eigenvalue weighted by Gasteiger charge is 2.23. The Bertz CT molecular complexity index is 363. The van der Waals surface area contributed by atoms with Crippen molar-refractivity contribution in [3.63, 3.8) is 0 Å². The number of aromatic nitrogens is 2. The van der Waals surface area contributed by atoms with Gasteiger partial charge in [0, 0.05) is 25.0 Å². The summed E-state index contributed by atoms with van der Waals surface area (Å²) in [6, 6.07) is 0.184. The van der Waals surface area contributed by atoms with E-state index in [1.54, 1.807) is 6.20 Å². The van der Waals surface area contributed by atoms with Crippen LogP contribution in [0.15, 0.2) is 18.6 Å². The molecule has 1 aromatic heterocycles. The molecule has 0 radical (unpaired) electrons. The lowest BCUT2D eigenvalue weighted by Gasteiger charge is -2.30. The van der Waals surface area contributed by atoms with E-state index >= 15 is 0 Å². The number of nitrogens with one attached hydrogen (secondary N) is 2. The zero-order chi connectivity index (χ0) is 11.4. The highest BCUT2D eigenvalue weighted by atomic mass is 35.5. The van der Waals surface area contributed by atoms with Gasteiger partial charge < -0.3 is 10.6 Å². The summed E-state index contributed by atoms with van der Waals surface area (Å²) in [7, 11) is 0. The first-order valence-corrected chi connectivity index (χ1v) is 5.55. The summed E-state index contributed by atoms with van der Waals surface area (Å²) < 4.78 is 0. The Morgan fingerprint density at radius 2 is 2.22 bits per heavy atom. The van der Waals surface area contributed by atoms with Crippen molar-refractivity contribution in [3.8, 4) is 0 Å². The molecule has 0 bridgehead atoms. The predicted molar refractivity (Wildman–Crippen MR) is 74.4 cm³/mol. The molecular formula is C11H18Cl2N4O. The first-order chi connectivity index (χ1) is 7.77. The number of halogens is 2. The summed E-state index contributed by atoms with van der Waals surface area (Å²) in [6.45, 7) is 4.01. The minimum Gasteiger partial charge on any atom is -0.346 e. The molecule has 2 N–H and O–H groups in total. The molecule has 0 saturated carbocycles. The van der Waals surface area contributed by atoms with Crippen LogP contribution < -0.4 is 10.6 Å². The molecule has 1 aliphatic heterocycles. The number of hydrogen-bond donors (Lipinski definition) is 2. The van der Waals surface area contributed by atoms with Crippen LogP contribution in [0.25, 0.3) is 0 Å². The Morgan fingerprint density at radius 1 is 1.44 bits per heavy atom. The van der Waals surface area contributed by atoms with Gasteiger partial charge in [-0.05, 0) is 18.9 Å². The minimum atomic E-state index is -0.145. The molecule has 0 spiro atoms. The lowest BCUT2D eigenvalue weighted by Crippen LogP contribution is -2.50. The van der Waals surface area contributed by atoms with Crippen LogP contribution in [0.4, 0.5) is 0 Å². The van der Waals surface area contributed by atoms with E-state index in [0.717, 1.165) is 19.5 Å². The molecule has 102 valence electrons. The number of hydrogen-bond acceptors (Lipinski definition) is 4. The fraction of sp³-hybridized carbons (Fsp3) is 0.545. The Hall–Kier alpha value is -0.910. The van der Waals surface area contributed by atoms with E-state index in [1.165, 1.54) is 12.4 Å². The van der Waals surface area contributed by atoms with Crippen LogP contribution in [0.2, 0.25) is 0 Å². The average Bonchev–Trinajstić information content (AvgIpc) is 2.33. The lowest BCUT2D eigenvalue weighted by molar-refractivity contribution is 0.0909. The third-order valence-electron chi connectivity index (χ3n) is 2.94. The Kier molecular flexibility index (Phi) is 7.82. The first-order valence-electron chi connectivity index (χ1n) is 5.55. The average molecular weight is 293 g/mol. The van der Waals surface area contributed by atoms with Crippen molar-refractivity contribution in [3.05, 3.63) is 24.3 Å². The summed E-state index contributed by atoms with van der Waals surface area (Å²) in [6.07, 6.45) is 5.65. The van der Waals surface area contributed by atoms with E-state index in [0.29, 0.717) is 11.6 Å². The molecule has 0 aromatic carbocycles. The quantitative estimate of drug-likeness (QED) is 0.855. The van der Waals surface area contributed by atoms with Gasteiger partial charge in [-0.15, -0.1) is 24.8 Å². The molecule has 7 heteroatoms. The highest BCUT2D eigenvalue weighted by Crippen LogP contribution is 2.11. The fourth-order valence-electron chi connectivity index (χ4n) is 1.84. The molecule has 1 aromatic rings. The largest absolute Gasteiger partial charge is 0.346 e. The first kappa shape index (κ1) is 17.1. The van der Waals surface area contributed by atoms with Gasteiger partial charge in [0.25, 0.3) is 5.91 Å². The zero-order valence-corrected chi connectivity index (χ0v) is 11.8. The van der Waals surface area contributed by atoms with Gasteiger partial charge in [-0.3, -0.25) is 9.78 Å². The summed E-state index contributed by atoms with van der Waals surface area (Å²) in [4.78, 5) is 19.7. The van der Waals surface area contributed by atoms with Gasteiger partial charge in [0.15, 0.2) is 0 Å². The predicted octanol–water partition coefficient (Wildman–Crippen LogP) is 1.05. The van der Waals surface area contributed by atoms with Crippen LogP contribution in [0.5, 0.6) is 0 Å². The fourth-order valence-corrected chi connectivity index (χ4v) is 1.84. The van der Waals surface area contributed by atoms with E-state index in [2.05, 4.69) is 27.5 Å². The van der Waals surface area contributed by atoms with Gasteiger partial charge in [-0.1, -0.05) is 6.92 Å². The van der Waals surface area contributed by atoms with E-state index in [9.17, 15) is 4.79 Å². The zero-order valence-electron chi connectivity index (χ0n) is 10.1. The van der Waals surface area contributed by atoms with Crippen molar-refractivity contribution in [1.82, 2.24) is 20.6 Å². The number of rotatable bonds is 2. The van der Waals surface area contributed by atoms with Crippen LogP contribution in [0.3, 0.4) is 0 Å². The van der Waals surface area contributed by atoms with Gasteiger partial charge in [0.2, 0.25) is 0 Å². The van der Waals surface area contributed by atoms with Crippen LogP contribution >= 0.6 is 24.8 Å². The van der Waals surface area contributed by atoms with Crippen molar-refractivity contribution in [2.75, 3.05) is 13.1 Å². The maximum atomic E-state index is 11.8. The van der Waals surface area contributed by atoms with E-state index in [1.807, 2.05) is 0 Å². The van der Waals surface area contributed by atoms with Crippen LogP contribution in [-0.4, -0.2) is 35.0 Å². The maximum absolute atomic E-state index is 11.8. The number of carbonyl (C=O) groups excluding carboxylic acids is 1. The molecule has 2 heterocycles. The Labute approximate surface area is 119 Å². The van der Waals surface area contributed by atoms with Crippen molar-refractivity contribution in [1.29, 1.82) is 0 Å². The van der Waals surface area contributed by atoms with Crippen LogP contribution in [0.1, 0.15) is 23.8 Å². The molecule has 5 nitrogen and oxygen atoms in total. The molecule has 1 aliphatic rings. The molecular weight excluding hydrogens is 275 g/mol. The second kappa shape index (κ2) is 8.24. The number of nitrogens with zero attached hydrogens (tertiary/aromatic N) is 2. The SMILES string of the molecule is CC1CCNCC1NC(=O)c1cnccn1.Cl.Cl. The topological polar surface area (TPSA) is 66.9 Å². The third kappa shape index (κ3) is 4.40. The molecule has 1 fully saturated rings. The summed E-state index contributed by atoms with van der Waals surface area (Å²) in [5.41, 5.74) is 0.375. The lowest BCUT2D eigenvalue weighted by atomic mass is 9.95. The van der Waals surface area contributed by atoms with E-state index < -0.39 is 0 Å². The van der Waals surface area contributed by atoms with Gasteiger partial charge in [-0.2, -0.15) is 0 Å². The number of piperidine rings is 1. The van der Waals surface area contributed by atoms with Gasteiger partial charge in [0.1, 0.15) is 5.69 Å². The summed E-state index contributed by atoms with van der Waals surface area (Å²) in [5, 5.41) is 6.25. The third-order valence-corrected chi connectivity index (χ3v) is 2.94. The summed E-state index contributed by atoms with van der Waals surface area (Å²) in [5.74, 6) is 0.357. The van der Waals surface area contributed by atoms with Crippen LogP contribution in [-0.2, 0) is 0 Å². The smallest absolute Gasteiger partial charge is 0.271 e. The van der Waals surface area contributed by atoms with Crippen molar-refractivity contribution in [2.24, 2.45) is 5.92 Å². The minimum absolute atomic E-state index is 0. The molecule has 1 saturated heterocycles. The van der Waals surface area contributed by atoms with Crippen LogP contribution in [0, 0.1) is 5.92 Å². The standard InChI is InChI=1S/C11H16N4O.2ClH/c1-8-2-3-12-6-9(8)15-11(16)10-7-13-4-5-14-10;;/h4-5,7-9,12H,2-3,6H2,1H3,(H,15,16);2*1H. The highest BCUT2D eigenvalue weighted by molar-refractivity contribution is 5.92. The molecule has 2 rings (SSSR count). The second-order valence-electron chi connectivity index (χ2n) is 4.14. The van der Waals surface area contributed by atoms with Crippen molar-refractivity contribution >= 4 is 30.7 Å². The van der Waals surface area contributed by atoms with Gasteiger partial charge in [-0.25, -0.2) is 4.98 Å². The normalized spacial score (nSPS) is 22.3. The van der Waals surface area contributed by atoms with Gasteiger partial charge in [0.05, 0.1) is 6.20 Å². The molecule has 1 amide bonds. The molecule has 2 atom stereocenters. The number of amides is 1. The monoisotopic (exact) mass is 292 g/mol. The Morgan fingerprint density at radius 3 is 2.83 bits per heavy atom. The van der Waals surface area contributed by atoms with Crippen molar-refractivity contribution in [2.45, 2.75) is 19.4 Å². The Balaban J connectivity index is 0.00000144. The summed E-state index contributed by atoms with van der Waals surface area (Å²) >= 11 is 0. The van der Waals surface area contributed by atoms with Gasteiger partial charge >= 0.3 is 0 Å². The molecule has 18 heavy (non-hydrogen) atoms. The number of carbonyl (C=O) groups is 1. The van der Waals surface area contributed by atoms with Crippen molar-refractivity contribution < 1.29 is 4.79 Å². The molecule has 0 aliphatic carbocycles. The van der Waals surface area contributed by atoms with E-state index in [-0.39, 0.29) is 36.8 Å².